The Hall–Kier alpha value is -5.12. The molecule has 2 aliphatic heterocycles. The van der Waals surface area contributed by atoms with Gasteiger partial charge in [-0.3, -0.25) is 9.59 Å². The maximum atomic E-state index is 10.8. The molecule has 6 aromatic rings. The summed E-state index contributed by atoms with van der Waals surface area (Å²) in [5, 5.41) is 10.3. The molecule has 0 aliphatic carbocycles. The number of aromatic nitrogens is 2. The van der Waals surface area contributed by atoms with Gasteiger partial charge < -0.3 is 32.1 Å². The van der Waals surface area contributed by atoms with Gasteiger partial charge in [0, 0.05) is 55.4 Å². The van der Waals surface area contributed by atoms with Crippen molar-refractivity contribution in [3.05, 3.63) is 153 Å². The number of carbonyl (C=O) groups is 2. The van der Waals surface area contributed by atoms with Gasteiger partial charge >= 0.3 is 0 Å². The number of primary amides is 2. The van der Waals surface area contributed by atoms with Crippen LogP contribution in [0.2, 0.25) is 10.0 Å². The normalized spacial score (nSPS) is 13.8. The molecule has 52 heavy (non-hydrogen) atoms. The van der Waals surface area contributed by atoms with Gasteiger partial charge in [0.25, 0.3) is 0 Å². The minimum absolute atomic E-state index is 0.391. The SMILES string of the molecule is Clc1ccc(C=C2CCNCC2)cc1.Clc1ccc(C=C2CCNCC2)cc1.NC(=O)c1ccc2[nH]ccc2c1.NC(=O)c1ccc2[nH]ccc2c1. The van der Waals surface area contributed by atoms with E-state index in [9.17, 15) is 9.59 Å². The molecule has 0 unspecified atom stereocenters. The molecular formula is C42H44Cl2N6O2. The van der Waals surface area contributed by atoms with Crippen LogP contribution in [0.5, 0.6) is 0 Å². The summed E-state index contributed by atoms with van der Waals surface area (Å²) in [5.41, 5.74) is 18.9. The maximum Gasteiger partial charge on any atom is 0.248 e. The van der Waals surface area contributed by atoms with E-state index in [2.05, 4.69) is 57.0 Å². The van der Waals surface area contributed by atoms with E-state index in [0.717, 1.165) is 58.0 Å². The highest BCUT2D eigenvalue weighted by molar-refractivity contribution is 6.30. The van der Waals surface area contributed by atoms with E-state index in [1.54, 1.807) is 24.3 Å². The number of benzene rings is 4. The minimum atomic E-state index is -0.391. The Morgan fingerprint density at radius 3 is 1.23 bits per heavy atom. The molecule has 0 saturated carbocycles. The van der Waals surface area contributed by atoms with E-state index in [0.29, 0.717) is 11.1 Å². The third-order valence-electron chi connectivity index (χ3n) is 8.65. The summed E-state index contributed by atoms with van der Waals surface area (Å²) in [6.45, 7) is 4.44. The lowest BCUT2D eigenvalue weighted by Crippen LogP contribution is -2.22. The zero-order valence-corrected chi connectivity index (χ0v) is 30.4. The fraction of sp³-hybridized carbons (Fsp3) is 0.190. The number of fused-ring (bicyclic) bond motifs is 2. The van der Waals surface area contributed by atoms with Crippen molar-refractivity contribution in [2.75, 3.05) is 26.2 Å². The summed E-state index contributed by atoms with van der Waals surface area (Å²) in [7, 11) is 0. The van der Waals surface area contributed by atoms with Crippen molar-refractivity contribution in [1.82, 2.24) is 20.6 Å². The largest absolute Gasteiger partial charge is 0.366 e. The van der Waals surface area contributed by atoms with Crippen LogP contribution in [0.15, 0.2) is 121 Å². The molecule has 2 fully saturated rings. The van der Waals surface area contributed by atoms with Gasteiger partial charge in [0.2, 0.25) is 11.8 Å². The molecule has 2 aliphatic rings. The van der Waals surface area contributed by atoms with Crippen molar-refractivity contribution >= 4 is 69.0 Å². The van der Waals surface area contributed by atoms with Crippen molar-refractivity contribution in [2.24, 2.45) is 11.5 Å². The monoisotopic (exact) mass is 734 g/mol. The van der Waals surface area contributed by atoms with Crippen LogP contribution in [0.3, 0.4) is 0 Å². The molecule has 0 radical (unpaired) electrons. The topological polar surface area (TPSA) is 142 Å². The average molecular weight is 736 g/mol. The van der Waals surface area contributed by atoms with Gasteiger partial charge in [-0.05, 0) is 136 Å². The maximum absolute atomic E-state index is 10.8. The summed E-state index contributed by atoms with van der Waals surface area (Å²) in [5.74, 6) is -0.781. The molecule has 10 heteroatoms. The number of nitrogens with one attached hydrogen (secondary N) is 4. The molecule has 8 N–H and O–H groups in total. The van der Waals surface area contributed by atoms with Crippen LogP contribution >= 0.6 is 23.2 Å². The first-order chi connectivity index (χ1) is 25.2. The van der Waals surface area contributed by atoms with E-state index < -0.39 is 11.8 Å². The molecule has 0 bridgehead atoms. The van der Waals surface area contributed by atoms with Crippen LogP contribution in [0.1, 0.15) is 57.5 Å². The van der Waals surface area contributed by atoms with E-state index >= 15 is 0 Å². The molecule has 2 saturated heterocycles. The second kappa shape index (κ2) is 19.5. The lowest BCUT2D eigenvalue weighted by Gasteiger charge is -2.15. The van der Waals surface area contributed by atoms with Crippen molar-refractivity contribution < 1.29 is 9.59 Å². The highest BCUT2D eigenvalue weighted by atomic mass is 35.5. The highest BCUT2D eigenvalue weighted by Gasteiger charge is 2.05. The molecule has 4 heterocycles. The van der Waals surface area contributed by atoms with Gasteiger partial charge in [0.15, 0.2) is 0 Å². The molecule has 8 nitrogen and oxygen atoms in total. The average Bonchev–Trinajstić information content (AvgIpc) is 3.85. The highest BCUT2D eigenvalue weighted by Crippen LogP contribution is 2.19. The lowest BCUT2D eigenvalue weighted by atomic mass is 10.0. The number of nitrogens with two attached hydrogens (primary N) is 2. The fourth-order valence-corrected chi connectivity index (χ4v) is 6.04. The first kappa shape index (κ1) is 38.1. The summed E-state index contributed by atoms with van der Waals surface area (Å²) >= 11 is 11.6. The predicted molar refractivity (Wildman–Crippen MR) is 217 cm³/mol. The van der Waals surface area contributed by atoms with Crippen molar-refractivity contribution in [3.8, 4) is 0 Å². The number of hydrogen-bond donors (Lipinski definition) is 6. The van der Waals surface area contributed by atoms with E-state index in [-0.39, 0.29) is 0 Å². The van der Waals surface area contributed by atoms with Gasteiger partial charge in [-0.25, -0.2) is 0 Å². The molecule has 2 amide bonds. The molecule has 268 valence electrons. The fourth-order valence-electron chi connectivity index (χ4n) is 5.79. The number of hydrogen-bond acceptors (Lipinski definition) is 4. The van der Waals surface area contributed by atoms with E-state index in [1.807, 2.05) is 60.9 Å². The second-order valence-corrected chi connectivity index (χ2v) is 13.4. The lowest BCUT2D eigenvalue weighted by molar-refractivity contribution is 0.0992. The molecule has 4 aromatic carbocycles. The third-order valence-corrected chi connectivity index (χ3v) is 9.15. The molecule has 8 rings (SSSR count). The number of amides is 2. The Labute approximate surface area is 314 Å². The summed E-state index contributed by atoms with van der Waals surface area (Å²) in [4.78, 5) is 27.6. The zero-order valence-electron chi connectivity index (χ0n) is 28.9. The Bertz CT molecular complexity index is 1960. The van der Waals surface area contributed by atoms with Crippen molar-refractivity contribution in [3.63, 3.8) is 0 Å². The van der Waals surface area contributed by atoms with E-state index in [4.69, 9.17) is 34.7 Å². The third kappa shape index (κ3) is 12.0. The molecular weight excluding hydrogens is 691 g/mol. The Morgan fingerprint density at radius 1 is 0.519 bits per heavy atom. The number of rotatable bonds is 4. The first-order valence-electron chi connectivity index (χ1n) is 17.3. The Kier molecular flexibility index (Phi) is 14.3. The van der Waals surface area contributed by atoms with Crippen LogP contribution in [-0.4, -0.2) is 48.0 Å². The van der Waals surface area contributed by atoms with Crippen LogP contribution in [0.4, 0.5) is 0 Å². The standard InChI is InChI=1S/2C12H14ClN.2C9H8N2O/c2*13-12-3-1-10(2-4-12)9-11-5-7-14-8-6-11;2*10-9(12)7-1-2-8-6(5-7)3-4-11-8/h2*1-4,9,14H,5-8H2;2*1-5,11H,(H2,10,12). The second-order valence-electron chi connectivity index (χ2n) is 12.5. The van der Waals surface area contributed by atoms with Crippen LogP contribution in [-0.2, 0) is 0 Å². The van der Waals surface area contributed by atoms with Gasteiger partial charge in [0.05, 0.1) is 0 Å². The van der Waals surface area contributed by atoms with E-state index in [1.165, 1.54) is 48.0 Å². The van der Waals surface area contributed by atoms with Gasteiger partial charge in [0.1, 0.15) is 0 Å². The number of halogens is 2. The number of piperidine rings is 2. The molecule has 0 atom stereocenters. The van der Waals surface area contributed by atoms with Crippen LogP contribution in [0, 0.1) is 0 Å². The number of H-pyrrole nitrogens is 2. The zero-order chi connectivity index (χ0) is 36.7. The van der Waals surface area contributed by atoms with Crippen molar-refractivity contribution in [2.45, 2.75) is 25.7 Å². The Balaban J connectivity index is 0.000000134. The smallest absolute Gasteiger partial charge is 0.248 e. The molecule has 2 aromatic heterocycles. The van der Waals surface area contributed by atoms with Crippen LogP contribution in [0.25, 0.3) is 34.0 Å². The predicted octanol–water partition coefficient (Wildman–Crippen LogP) is 8.75. The summed E-state index contributed by atoms with van der Waals surface area (Å²) in [6, 6.07) is 30.5. The minimum Gasteiger partial charge on any atom is -0.366 e. The first-order valence-corrected chi connectivity index (χ1v) is 18.0. The summed E-state index contributed by atoms with van der Waals surface area (Å²) in [6.07, 6.45) is 12.9. The number of aromatic amines is 2. The molecule has 0 spiro atoms. The quantitative estimate of drug-likeness (QED) is 0.108. The summed E-state index contributed by atoms with van der Waals surface area (Å²) < 4.78 is 0. The van der Waals surface area contributed by atoms with Crippen LogP contribution < -0.4 is 22.1 Å². The van der Waals surface area contributed by atoms with Gasteiger partial charge in [-0.1, -0.05) is 70.8 Å². The number of carbonyl (C=O) groups excluding carboxylic acids is 2. The van der Waals surface area contributed by atoms with Crippen molar-refractivity contribution in [1.29, 1.82) is 0 Å². The van der Waals surface area contributed by atoms with Gasteiger partial charge in [-0.2, -0.15) is 0 Å². The van der Waals surface area contributed by atoms with Gasteiger partial charge in [-0.15, -0.1) is 0 Å². The Morgan fingerprint density at radius 2 is 0.885 bits per heavy atom.